The first-order valence-electron chi connectivity index (χ1n) is 9.62. The van der Waals surface area contributed by atoms with Gasteiger partial charge in [-0.25, -0.2) is 18.9 Å². The lowest BCUT2D eigenvalue weighted by Gasteiger charge is -2.22. The van der Waals surface area contributed by atoms with E-state index in [0.29, 0.717) is 24.0 Å². The van der Waals surface area contributed by atoms with E-state index in [1.54, 1.807) is 6.92 Å². The third kappa shape index (κ3) is 4.94. The maximum Gasteiger partial charge on any atom is 0.379 e. The predicted molar refractivity (Wildman–Crippen MR) is 101 cm³/mol. The van der Waals surface area contributed by atoms with Crippen LogP contribution in [-0.2, 0) is 9.53 Å². The molecule has 1 aliphatic rings. The number of carbonyl (C=O) groups is 2. The molecule has 0 bridgehead atoms. The van der Waals surface area contributed by atoms with Crippen LogP contribution in [0.1, 0.15) is 55.5 Å². The number of halogens is 1. The Balaban J connectivity index is 1.57. The Bertz CT molecular complexity index is 828. The van der Waals surface area contributed by atoms with Gasteiger partial charge < -0.3 is 10.1 Å². The van der Waals surface area contributed by atoms with Gasteiger partial charge in [0.15, 0.2) is 6.10 Å². The van der Waals surface area contributed by atoms with Gasteiger partial charge in [-0.15, -0.1) is 5.10 Å². The van der Waals surface area contributed by atoms with Gasteiger partial charge in [-0.05, 0) is 56.9 Å². The molecule has 150 valence electrons. The van der Waals surface area contributed by atoms with E-state index < -0.39 is 12.1 Å². The van der Waals surface area contributed by atoms with Gasteiger partial charge in [-0.2, -0.15) is 0 Å². The van der Waals surface area contributed by atoms with Crippen molar-refractivity contribution in [2.75, 3.05) is 6.54 Å². The molecule has 1 N–H and O–H groups in total. The molecule has 2 aromatic rings. The minimum absolute atomic E-state index is 0.145. The fourth-order valence-corrected chi connectivity index (χ4v) is 3.35. The monoisotopic (exact) mass is 388 g/mol. The maximum absolute atomic E-state index is 13.1. The Morgan fingerprint density at radius 2 is 1.93 bits per heavy atom. The third-order valence-corrected chi connectivity index (χ3v) is 4.97. The van der Waals surface area contributed by atoms with E-state index in [1.165, 1.54) is 55.1 Å². The van der Waals surface area contributed by atoms with E-state index in [2.05, 4.69) is 15.4 Å². The number of hydrogen-bond donors (Lipinski definition) is 1. The van der Waals surface area contributed by atoms with Crippen LogP contribution in [0.4, 0.5) is 4.39 Å². The predicted octanol–water partition coefficient (Wildman–Crippen LogP) is 2.96. The van der Waals surface area contributed by atoms with Crippen LogP contribution in [-0.4, -0.2) is 39.3 Å². The zero-order chi connectivity index (χ0) is 20.1. The highest BCUT2D eigenvalue weighted by Gasteiger charge is 2.24. The standard InChI is InChI=1S/C20H25FN4O3/c1-13(19(26)22-12-15-6-4-3-5-7-15)28-20(27)18-23-14(2)25(24-18)17-10-8-16(21)9-11-17/h8-11,13,15H,3-7,12H2,1-2H3,(H,22,26). The van der Waals surface area contributed by atoms with Crippen molar-refractivity contribution in [1.82, 2.24) is 20.1 Å². The van der Waals surface area contributed by atoms with E-state index in [-0.39, 0.29) is 17.5 Å². The molecule has 28 heavy (non-hydrogen) atoms. The SMILES string of the molecule is Cc1nc(C(=O)OC(C)C(=O)NCC2CCCCC2)nn1-c1ccc(F)cc1. The summed E-state index contributed by atoms with van der Waals surface area (Å²) in [7, 11) is 0. The fourth-order valence-electron chi connectivity index (χ4n) is 3.35. The highest BCUT2D eigenvalue weighted by atomic mass is 19.1. The number of aryl methyl sites for hydroxylation is 1. The second kappa shape index (κ2) is 8.95. The van der Waals surface area contributed by atoms with Gasteiger partial charge in [-0.3, -0.25) is 4.79 Å². The Kier molecular flexibility index (Phi) is 6.38. The number of hydrogen-bond acceptors (Lipinski definition) is 5. The number of aromatic nitrogens is 3. The van der Waals surface area contributed by atoms with Crippen LogP contribution in [0.15, 0.2) is 24.3 Å². The van der Waals surface area contributed by atoms with Crippen LogP contribution in [0.3, 0.4) is 0 Å². The summed E-state index contributed by atoms with van der Waals surface area (Å²) in [5.41, 5.74) is 0.573. The molecule has 1 amide bonds. The lowest BCUT2D eigenvalue weighted by molar-refractivity contribution is -0.129. The Morgan fingerprint density at radius 1 is 1.25 bits per heavy atom. The molecule has 0 radical (unpaired) electrons. The Hall–Kier alpha value is -2.77. The summed E-state index contributed by atoms with van der Waals surface area (Å²) in [6.45, 7) is 3.81. The molecule has 1 aliphatic carbocycles. The van der Waals surface area contributed by atoms with E-state index in [4.69, 9.17) is 4.74 Å². The van der Waals surface area contributed by atoms with E-state index in [9.17, 15) is 14.0 Å². The summed E-state index contributed by atoms with van der Waals surface area (Å²) in [4.78, 5) is 28.6. The van der Waals surface area contributed by atoms with Gasteiger partial charge in [0.05, 0.1) is 5.69 Å². The summed E-state index contributed by atoms with van der Waals surface area (Å²) in [5.74, 6) is -0.662. The molecule has 8 heteroatoms. The average Bonchev–Trinajstić information content (AvgIpc) is 3.09. The van der Waals surface area contributed by atoms with Gasteiger partial charge in [-0.1, -0.05) is 19.3 Å². The molecule has 1 aromatic carbocycles. The summed E-state index contributed by atoms with van der Waals surface area (Å²) >= 11 is 0. The van der Waals surface area contributed by atoms with E-state index >= 15 is 0 Å². The number of carbonyl (C=O) groups excluding carboxylic acids is 2. The van der Waals surface area contributed by atoms with Crippen molar-refractivity contribution in [3.05, 3.63) is 41.7 Å². The van der Waals surface area contributed by atoms with Crippen LogP contribution in [0.5, 0.6) is 0 Å². The second-order valence-electron chi connectivity index (χ2n) is 7.17. The Labute approximate surface area is 163 Å². The summed E-state index contributed by atoms with van der Waals surface area (Å²) in [6, 6.07) is 5.67. The van der Waals surface area contributed by atoms with Crippen LogP contribution >= 0.6 is 0 Å². The van der Waals surface area contributed by atoms with Crippen LogP contribution in [0.25, 0.3) is 5.69 Å². The smallest absolute Gasteiger partial charge is 0.379 e. The maximum atomic E-state index is 13.1. The molecule has 1 saturated carbocycles. The molecule has 1 atom stereocenters. The van der Waals surface area contributed by atoms with Gasteiger partial charge in [0.2, 0.25) is 0 Å². The first kappa shape index (κ1) is 20.0. The summed E-state index contributed by atoms with van der Waals surface area (Å²) in [5, 5.41) is 6.98. The van der Waals surface area contributed by atoms with Crippen LogP contribution < -0.4 is 5.32 Å². The number of nitrogens with zero attached hydrogens (tertiary/aromatic N) is 3. The summed E-state index contributed by atoms with van der Waals surface area (Å²) < 4.78 is 19.7. The fraction of sp³-hybridized carbons (Fsp3) is 0.500. The molecule has 0 saturated heterocycles. The lowest BCUT2D eigenvalue weighted by atomic mass is 9.89. The van der Waals surface area contributed by atoms with Crippen molar-refractivity contribution in [3.8, 4) is 5.69 Å². The van der Waals surface area contributed by atoms with E-state index in [0.717, 1.165) is 12.8 Å². The van der Waals surface area contributed by atoms with Crippen molar-refractivity contribution in [2.24, 2.45) is 5.92 Å². The second-order valence-corrected chi connectivity index (χ2v) is 7.17. The van der Waals surface area contributed by atoms with Crippen molar-refractivity contribution < 1.29 is 18.7 Å². The van der Waals surface area contributed by atoms with Crippen molar-refractivity contribution in [3.63, 3.8) is 0 Å². The number of esters is 1. The van der Waals surface area contributed by atoms with Gasteiger partial charge in [0.1, 0.15) is 11.6 Å². The number of rotatable bonds is 6. The lowest BCUT2D eigenvalue weighted by Crippen LogP contribution is -2.38. The summed E-state index contributed by atoms with van der Waals surface area (Å²) in [6.07, 6.45) is 4.97. The van der Waals surface area contributed by atoms with Crippen molar-refractivity contribution in [2.45, 2.75) is 52.1 Å². The van der Waals surface area contributed by atoms with Crippen LogP contribution in [0.2, 0.25) is 0 Å². The van der Waals surface area contributed by atoms with Crippen LogP contribution in [0, 0.1) is 18.7 Å². The molecule has 3 rings (SSSR count). The van der Waals surface area contributed by atoms with Gasteiger partial charge in [0.25, 0.3) is 11.7 Å². The zero-order valence-corrected chi connectivity index (χ0v) is 16.2. The Morgan fingerprint density at radius 3 is 2.61 bits per heavy atom. The first-order valence-corrected chi connectivity index (χ1v) is 9.62. The van der Waals surface area contributed by atoms with Gasteiger partial charge in [0, 0.05) is 6.54 Å². The molecule has 1 fully saturated rings. The first-order chi connectivity index (χ1) is 13.4. The normalized spacial score (nSPS) is 15.8. The molecule has 1 heterocycles. The molecular weight excluding hydrogens is 363 g/mol. The van der Waals surface area contributed by atoms with Crippen molar-refractivity contribution >= 4 is 11.9 Å². The molecule has 1 aromatic heterocycles. The highest BCUT2D eigenvalue weighted by molar-refractivity contribution is 5.89. The number of benzene rings is 1. The topological polar surface area (TPSA) is 86.1 Å². The van der Waals surface area contributed by atoms with Gasteiger partial charge >= 0.3 is 5.97 Å². The number of amides is 1. The van der Waals surface area contributed by atoms with E-state index in [1.807, 2.05) is 0 Å². The average molecular weight is 388 g/mol. The molecule has 0 aliphatic heterocycles. The third-order valence-electron chi connectivity index (χ3n) is 4.97. The minimum Gasteiger partial charge on any atom is -0.447 e. The highest BCUT2D eigenvalue weighted by Crippen LogP contribution is 2.22. The van der Waals surface area contributed by atoms with Crippen molar-refractivity contribution in [1.29, 1.82) is 0 Å². The largest absolute Gasteiger partial charge is 0.447 e. The quantitative estimate of drug-likeness (QED) is 0.769. The zero-order valence-electron chi connectivity index (χ0n) is 16.2. The number of ether oxygens (including phenoxy) is 1. The molecule has 7 nitrogen and oxygen atoms in total. The molecule has 1 unspecified atom stereocenters. The number of nitrogens with one attached hydrogen (secondary N) is 1. The molecular formula is C20H25FN4O3. The molecule has 0 spiro atoms. The minimum atomic E-state index is -0.936.